The van der Waals surface area contributed by atoms with Gasteiger partial charge in [0, 0.05) is 10.4 Å². The van der Waals surface area contributed by atoms with Gasteiger partial charge in [-0.15, -0.1) is 11.3 Å². The lowest BCUT2D eigenvalue weighted by Crippen LogP contribution is -2.09. The van der Waals surface area contributed by atoms with Crippen molar-refractivity contribution in [1.29, 1.82) is 0 Å². The minimum atomic E-state index is 0.644. The van der Waals surface area contributed by atoms with Crippen LogP contribution in [-0.2, 0) is 0 Å². The first-order valence-electron chi connectivity index (χ1n) is 6.10. The molecule has 0 radical (unpaired) electrons. The Morgan fingerprint density at radius 1 is 1.20 bits per heavy atom. The Labute approximate surface area is 120 Å². The number of rotatable bonds is 3. The van der Waals surface area contributed by atoms with Gasteiger partial charge in [0.1, 0.15) is 10.6 Å². The smallest absolute Gasteiger partial charge is 0.163 e. The van der Waals surface area contributed by atoms with Crippen molar-refractivity contribution in [2.24, 2.45) is 5.84 Å². The number of fused-ring (bicyclic) bond motifs is 1. The van der Waals surface area contributed by atoms with Crippen LogP contribution >= 0.6 is 11.3 Å². The third-order valence-corrected chi connectivity index (χ3v) is 3.95. The molecule has 3 N–H and O–H groups in total. The van der Waals surface area contributed by atoms with Crippen molar-refractivity contribution in [3.63, 3.8) is 0 Å². The van der Waals surface area contributed by atoms with Crippen molar-refractivity contribution in [3.05, 3.63) is 35.2 Å². The number of nitrogens with one attached hydrogen (secondary N) is 1. The lowest BCUT2D eigenvalue weighted by atomic mass is 10.2. The fourth-order valence-electron chi connectivity index (χ4n) is 2.02. The number of hydrogen-bond acceptors (Lipinski definition) is 6. The molecule has 0 aliphatic heterocycles. The maximum atomic E-state index is 5.56. The molecule has 0 saturated heterocycles. The molecule has 0 aliphatic rings. The van der Waals surface area contributed by atoms with E-state index in [-0.39, 0.29) is 0 Å². The van der Waals surface area contributed by atoms with Gasteiger partial charge >= 0.3 is 0 Å². The molecule has 0 aliphatic carbocycles. The number of thiophene rings is 1. The Hall–Kier alpha value is -2.18. The van der Waals surface area contributed by atoms with E-state index in [0.29, 0.717) is 11.6 Å². The van der Waals surface area contributed by atoms with E-state index in [1.807, 2.05) is 37.3 Å². The average Bonchev–Trinajstić information content (AvgIpc) is 2.86. The lowest BCUT2D eigenvalue weighted by Gasteiger charge is -2.06. The summed E-state index contributed by atoms with van der Waals surface area (Å²) in [5.41, 5.74) is 3.57. The minimum Gasteiger partial charge on any atom is -0.497 e. The maximum absolute atomic E-state index is 5.56. The normalized spacial score (nSPS) is 10.8. The number of methoxy groups -OCH3 is 1. The third kappa shape index (κ3) is 2.19. The number of aryl methyl sites for hydroxylation is 1. The Bertz CT molecular complexity index is 752. The van der Waals surface area contributed by atoms with Crippen LogP contribution in [0.5, 0.6) is 5.75 Å². The second-order valence-corrected chi connectivity index (χ2v) is 5.58. The zero-order valence-corrected chi connectivity index (χ0v) is 12.0. The summed E-state index contributed by atoms with van der Waals surface area (Å²) in [5, 5.41) is 0.951. The van der Waals surface area contributed by atoms with E-state index in [9.17, 15) is 0 Å². The predicted octanol–water partition coefficient (Wildman–Crippen LogP) is 2.96. The van der Waals surface area contributed by atoms with Gasteiger partial charge < -0.3 is 10.2 Å². The molecular formula is C14H14N4OS. The Balaban J connectivity index is 2.14. The standard InChI is InChI=1S/C14H14N4OS/c1-8-7-11-13(18-15)16-12(17-14(11)20-8)9-3-5-10(19-2)6-4-9/h3-7H,15H2,1-2H3,(H,16,17,18). The van der Waals surface area contributed by atoms with Crippen molar-refractivity contribution in [2.45, 2.75) is 6.92 Å². The molecule has 20 heavy (non-hydrogen) atoms. The summed E-state index contributed by atoms with van der Waals surface area (Å²) < 4.78 is 5.15. The molecule has 0 amide bonds. The molecule has 0 atom stereocenters. The van der Waals surface area contributed by atoms with Gasteiger partial charge in [-0.1, -0.05) is 0 Å². The monoisotopic (exact) mass is 286 g/mol. The van der Waals surface area contributed by atoms with Crippen molar-refractivity contribution in [2.75, 3.05) is 12.5 Å². The van der Waals surface area contributed by atoms with E-state index in [2.05, 4.69) is 15.4 Å². The highest BCUT2D eigenvalue weighted by molar-refractivity contribution is 7.18. The summed E-state index contributed by atoms with van der Waals surface area (Å²) in [4.78, 5) is 11.2. The molecule has 2 aromatic heterocycles. The number of hydrazine groups is 1. The van der Waals surface area contributed by atoms with E-state index in [0.717, 1.165) is 21.5 Å². The molecule has 0 unspecified atom stereocenters. The van der Waals surface area contributed by atoms with E-state index in [1.54, 1.807) is 18.4 Å². The highest BCUT2D eigenvalue weighted by atomic mass is 32.1. The topological polar surface area (TPSA) is 73.1 Å². The Kier molecular flexibility index (Phi) is 3.25. The highest BCUT2D eigenvalue weighted by Crippen LogP contribution is 2.30. The van der Waals surface area contributed by atoms with Gasteiger partial charge in [-0.25, -0.2) is 15.8 Å². The molecule has 3 aromatic rings. The van der Waals surface area contributed by atoms with Crippen LogP contribution in [0.2, 0.25) is 0 Å². The summed E-state index contributed by atoms with van der Waals surface area (Å²) in [6.07, 6.45) is 0. The van der Waals surface area contributed by atoms with Gasteiger partial charge in [0.05, 0.1) is 12.5 Å². The van der Waals surface area contributed by atoms with Crippen LogP contribution in [-0.4, -0.2) is 17.1 Å². The summed E-state index contributed by atoms with van der Waals surface area (Å²) in [6.45, 7) is 2.04. The molecule has 0 fully saturated rings. The number of ether oxygens (including phenoxy) is 1. The molecule has 0 saturated carbocycles. The lowest BCUT2D eigenvalue weighted by molar-refractivity contribution is 0.415. The van der Waals surface area contributed by atoms with Crippen LogP contribution in [0.1, 0.15) is 4.88 Å². The number of nitrogens with two attached hydrogens (primary N) is 1. The second-order valence-electron chi connectivity index (χ2n) is 4.34. The Morgan fingerprint density at radius 2 is 1.95 bits per heavy atom. The largest absolute Gasteiger partial charge is 0.497 e. The molecule has 5 nitrogen and oxygen atoms in total. The number of nitrogens with zero attached hydrogens (tertiary/aromatic N) is 2. The van der Waals surface area contributed by atoms with Gasteiger partial charge in [-0.2, -0.15) is 0 Å². The summed E-state index contributed by atoms with van der Waals surface area (Å²) in [5.74, 6) is 7.66. The van der Waals surface area contributed by atoms with Crippen molar-refractivity contribution in [1.82, 2.24) is 9.97 Å². The van der Waals surface area contributed by atoms with Gasteiger partial charge in [-0.05, 0) is 37.3 Å². The van der Waals surface area contributed by atoms with Crippen LogP contribution in [0.4, 0.5) is 5.82 Å². The van der Waals surface area contributed by atoms with E-state index in [1.165, 1.54) is 4.88 Å². The third-order valence-electron chi connectivity index (χ3n) is 3.00. The van der Waals surface area contributed by atoms with Crippen molar-refractivity contribution in [3.8, 4) is 17.1 Å². The summed E-state index contributed by atoms with van der Waals surface area (Å²) in [7, 11) is 1.64. The first-order chi connectivity index (χ1) is 9.71. The number of nitrogen functional groups attached to an aromatic ring is 1. The quantitative estimate of drug-likeness (QED) is 0.572. The molecule has 102 valence electrons. The molecule has 0 spiro atoms. The number of benzene rings is 1. The van der Waals surface area contributed by atoms with E-state index < -0.39 is 0 Å². The molecule has 1 aromatic carbocycles. The number of aromatic nitrogens is 2. The van der Waals surface area contributed by atoms with E-state index >= 15 is 0 Å². The molecule has 6 heteroatoms. The van der Waals surface area contributed by atoms with Crippen LogP contribution in [0, 0.1) is 6.92 Å². The number of hydrogen-bond donors (Lipinski definition) is 2. The van der Waals surface area contributed by atoms with Crippen molar-refractivity contribution >= 4 is 27.4 Å². The van der Waals surface area contributed by atoms with Crippen LogP contribution in [0.3, 0.4) is 0 Å². The molecule has 2 heterocycles. The summed E-state index contributed by atoms with van der Waals surface area (Å²) in [6, 6.07) is 9.67. The maximum Gasteiger partial charge on any atom is 0.163 e. The fourth-order valence-corrected chi connectivity index (χ4v) is 2.90. The van der Waals surface area contributed by atoms with Crippen LogP contribution < -0.4 is 16.0 Å². The predicted molar refractivity (Wildman–Crippen MR) is 82.0 cm³/mol. The van der Waals surface area contributed by atoms with Gasteiger partial charge in [-0.3, -0.25) is 0 Å². The number of anilines is 1. The van der Waals surface area contributed by atoms with Crippen LogP contribution in [0.15, 0.2) is 30.3 Å². The molecular weight excluding hydrogens is 272 g/mol. The second kappa shape index (κ2) is 5.07. The molecule has 0 bridgehead atoms. The first-order valence-corrected chi connectivity index (χ1v) is 6.92. The van der Waals surface area contributed by atoms with Gasteiger partial charge in [0.2, 0.25) is 0 Å². The van der Waals surface area contributed by atoms with E-state index in [4.69, 9.17) is 10.6 Å². The van der Waals surface area contributed by atoms with Gasteiger partial charge in [0.15, 0.2) is 11.6 Å². The minimum absolute atomic E-state index is 0.644. The Morgan fingerprint density at radius 3 is 2.60 bits per heavy atom. The zero-order valence-electron chi connectivity index (χ0n) is 11.2. The van der Waals surface area contributed by atoms with Crippen LogP contribution in [0.25, 0.3) is 21.6 Å². The SMILES string of the molecule is COc1ccc(-c2nc(NN)c3cc(C)sc3n2)cc1. The van der Waals surface area contributed by atoms with Crippen molar-refractivity contribution < 1.29 is 4.74 Å². The first kappa shape index (κ1) is 12.8. The average molecular weight is 286 g/mol. The fraction of sp³-hybridized carbons (Fsp3) is 0.143. The van der Waals surface area contributed by atoms with Gasteiger partial charge in [0.25, 0.3) is 0 Å². The zero-order chi connectivity index (χ0) is 14.1. The summed E-state index contributed by atoms with van der Waals surface area (Å²) >= 11 is 1.63. The highest BCUT2D eigenvalue weighted by Gasteiger charge is 2.11. The molecule has 3 rings (SSSR count).